The number of aryl methyl sites for hydroxylation is 1. The number of carbonyl (C=O) groups is 1. The van der Waals surface area contributed by atoms with E-state index in [-0.39, 0.29) is 17.0 Å². The van der Waals surface area contributed by atoms with Gasteiger partial charge in [0, 0.05) is 23.5 Å². The minimum atomic E-state index is -0.573. The Bertz CT molecular complexity index is 1040. The molecule has 0 aliphatic carbocycles. The fourth-order valence-corrected chi connectivity index (χ4v) is 2.66. The van der Waals surface area contributed by atoms with Crippen LogP contribution in [0.2, 0.25) is 0 Å². The summed E-state index contributed by atoms with van der Waals surface area (Å²) in [4.78, 5) is 27.2. The lowest BCUT2D eigenvalue weighted by molar-refractivity contribution is -0.385. The molecule has 0 atom stereocenters. The Morgan fingerprint density at radius 3 is 2.62 bits per heavy atom. The number of ether oxygens (including phenoxy) is 2. The first-order chi connectivity index (χ1) is 14.0. The number of carbonyl (C=O) groups excluding carboxylic acids is 1. The standard InChI is InChI=1S/C21H19N3O5/c1-3-28-20-8-6-15(12-18(20)24(26)27)21(25)23-16-7-9-19(14(2)11-16)29-17-5-4-10-22-13-17/h4-13H,3H2,1-2H3,(H,23,25). The van der Waals surface area contributed by atoms with Gasteiger partial charge in [-0.2, -0.15) is 0 Å². The molecule has 148 valence electrons. The monoisotopic (exact) mass is 393 g/mol. The van der Waals surface area contributed by atoms with E-state index in [0.717, 1.165) is 5.56 Å². The number of nitro groups is 1. The smallest absolute Gasteiger partial charge is 0.311 e. The summed E-state index contributed by atoms with van der Waals surface area (Å²) in [6, 6.07) is 12.9. The fraction of sp³-hybridized carbons (Fsp3) is 0.143. The molecule has 0 aliphatic rings. The molecule has 1 aromatic heterocycles. The number of anilines is 1. The number of amides is 1. The minimum absolute atomic E-state index is 0.127. The second-order valence-corrected chi connectivity index (χ2v) is 6.10. The Kier molecular flexibility index (Phi) is 6.03. The number of benzene rings is 2. The zero-order valence-electron chi connectivity index (χ0n) is 15.9. The Morgan fingerprint density at radius 1 is 1.17 bits per heavy atom. The van der Waals surface area contributed by atoms with Crippen LogP contribution in [0.25, 0.3) is 0 Å². The van der Waals surface area contributed by atoms with Crippen molar-refractivity contribution in [2.45, 2.75) is 13.8 Å². The highest BCUT2D eigenvalue weighted by molar-refractivity contribution is 6.04. The van der Waals surface area contributed by atoms with E-state index in [2.05, 4.69) is 10.3 Å². The van der Waals surface area contributed by atoms with Crippen LogP contribution >= 0.6 is 0 Å². The maximum absolute atomic E-state index is 12.5. The molecular weight excluding hydrogens is 374 g/mol. The third kappa shape index (κ3) is 4.86. The highest BCUT2D eigenvalue weighted by Gasteiger charge is 2.19. The zero-order valence-corrected chi connectivity index (χ0v) is 15.9. The topological polar surface area (TPSA) is 104 Å². The summed E-state index contributed by atoms with van der Waals surface area (Å²) in [5, 5.41) is 14.0. The molecule has 29 heavy (non-hydrogen) atoms. The highest BCUT2D eigenvalue weighted by atomic mass is 16.6. The Labute approximate surface area is 167 Å². The molecule has 8 heteroatoms. The number of pyridine rings is 1. The van der Waals surface area contributed by atoms with E-state index in [1.165, 1.54) is 18.2 Å². The number of hydrogen-bond acceptors (Lipinski definition) is 6. The molecule has 8 nitrogen and oxygen atoms in total. The lowest BCUT2D eigenvalue weighted by atomic mass is 10.1. The molecule has 0 unspecified atom stereocenters. The third-order valence-electron chi connectivity index (χ3n) is 4.01. The summed E-state index contributed by atoms with van der Waals surface area (Å²) < 4.78 is 11.0. The summed E-state index contributed by atoms with van der Waals surface area (Å²) >= 11 is 0. The molecule has 0 fully saturated rings. The average molecular weight is 393 g/mol. The van der Waals surface area contributed by atoms with Gasteiger partial charge in [-0.05, 0) is 61.9 Å². The Hall–Kier alpha value is -3.94. The van der Waals surface area contributed by atoms with Crippen molar-refractivity contribution in [3.63, 3.8) is 0 Å². The molecule has 1 amide bonds. The highest BCUT2D eigenvalue weighted by Crippen LogP contribution is 2.29. The predicted octanol–water partition coefficient (Wildman–Crippen LogP) is 4.74. The number of nitro benzene ring substituents is 1. The normalized spacial score (nSPS) is 10.3. The first-order valence-electron chi connectivity index (χ1n) is 8.89. The zero-order chi connectivity index (χ0) is 20.8. The molecule has 3 rings (SSSR count). The van der Waals surface area contributed by atoms with Crippen LogP contribution in [0.1, 0.15) is 22.8 Å². The van der Waals surface area contributed by atoms with Crippen LogP contribution in [0, 0.1) is 17.0 Å². The van der Waals surface area contributed by atoms with Gasteiger partial charge in [-0.25, -0.2) is 0 Å². The van der Waals surface area contributed by atoms with E-state index < -0.39 is 10.8 Å². The fourth-order valence-electron chi connectivity index (χ4n) is 2.66. The van der Waals surface area contributed by atoms with Crippen LogP contribution in [0.15, 0.2) is 60.9 Å². The summed E-state index contributed by atoms with van der Waals surface area (Å²) in [6.07, 6.45) is 3.26. The van der Waals surface area contributed by atoms with Gasteiger partial charge in [0.1, 0.15) is 11.5 Å². The van der Waals surface area contributed by atoms with E-state index in [0.29, 0.717) is 23.8 Å². The van der Waals surface area contributed by atoms with Crippen molar-refractivity contribution in [2.24, 2.45) is 0 Å². The summed E-state index contributed by atoms with van der Waals surface area (Å²) in [6.45, 7) is 3.87. The lowest BCUT2D eigenvalue weighted by Crippen LogP contribution is -2.12. The van der Waals surface area contributed by atoms with Crippen LogP contribution in [0.4, 0.5) is 11.4 Å². The van der Waals surface area contributed by atoms with Gasteiger partial charge in [-0.1, -0.05) is 0 Å². The Morgan fingerprint density at radius 2 is 1.97 bits per heavy atom. The molecule has 0 spiro atoms. The predicted molar refractivity (Wildman–Crippen MR) is 108 cm³/mol. The van der Waals surface area contributed by atoms with Gasteiger partial charge in [0.05, 0.1) is 17.7 Å². The van der Waals surface area contributed by atoms with Crippen LogP contribution in [0.3, 0.4) is 0 Å². The van der Waals surface area contributed by atoms with Crippen LogP contribution in [-0.4, -0.2) is 22.4 Å². The van der Waals surface area contributed by atoms with Gasteiger partial charge in [-0.3, -0.25) is 19.9 Å². The third-order valence-corrected chi connectivity index (χ3v) is 4.01. The van der Waals surface area contributed by atoms with E-state index in [1.54, 1.807) is 49.6 Å². The number of aromatic nitrogens is 1. The quantitative estimate of drug-likeness (QED) is 0.459. The van der Waals surface area contributed by atoms with Crippen molar-refractivity contribution in [3.05, 3.63) is 82.2 Å². The molecule has 1 heterocycles. The first kappa shape index (κ1) is 19.8. The lowest BCUT2D eigenvalue weighted by Gasteiger charge is -2.11. The van der Waals surface area contributed by atoms with Crippen molar-refractivity contribution in [3.8, 4) is 17.2 Å². The van der Waals surface area contributed by atoms with E-state index in [4.69, 9.17) is 9.47 Å². The minimum Gasteiger partial charge on any atom is -0.487 e. The summed E-state index contributed by atoms with van der Waals surface area (Å²) in [7, 11) is 0. The van der Waals surface area contributed by atoms with Gasteiger partial charge < -0.3 is 14.8 Å². The second-order valence-electron chi connectivity index (χ2n) is 6.10. The SMILES string of the molecule is CCOc1ccc(C(=O)Nc2ccc(Oc3cccnc3)c(C)c2)cc1[N+](=O)[O-]. The molecule has 0 aliphatic heterocycles. The van der Waals surface area contributed by atoms with Crippen LogP contribution in [-0.2, 0) is 0 Å². The average Bonchev–Trinajstić information content (AvgIpc) is 2.71. The second kappa shape index (κ2) is 8.83. The van der Waals surface area contributed by atoms with Gasteiger partial charge in [0.15, 0.2) is 5.75 Å². The maximum Gasteiger partial charge on any atom is 0.311 e. The van der Waals surface area contributed by atoms with E-state index in [1.807, 2.05) is 6.92 Å². The van der Waals surface area contributed by atoms with Crippen molar-refractivity contribution in [1.29, 1.82) is 0 Å². The van der Waals surface area contributed by atoms with Gasteiger partial charge >= 0.3 is 5.69 Å². The van der Waals surface area contributed by atoms with Crippen molar-refractivity contribution in [1.82, 2.24) is 4.98 Å². The molecule has 0 saturated heterocycles. The van der Waals surface area contributed by atoms with E-state index >= 15 is 0 Å². The summed E-state index contributed by atoms with van der Waals surface area (Å²) in [5.74, 6) is 0.903. The first-order valence-corrected chi connectivity index (χ1v) is 8.89. The van der Waals surface area contributed by atoms with Crippen molar-refractivity contribution in [2.75, 3.05) is 11.9 Å². The number of rotatable bonds is 7. The Balaban J connectivity index is 1.76. The molecule has 1 N–H and O–H groups in total. The largest absolute Gasteiger partial charge is 0.487 e. The molecule has 0 radical (unpaired) electrons. The molecule has 2 aromatic carbocycles. The number of hydrogen-bond donors (Lipinski definition) is 1. The van der Waals surface area contributed by atoms with Crippen molar-refractivity contribution >= 4 is 17.3 Å². The molecular formula is C21H19N3O5. The molecule has 3 aromatic rings. The van der Waals surface area contributed by atoms with Crippen LogP contribution in [0.5, 0.6) is 17.2 Å². The van der Waals surface area contributed by atoms with Gasteiger partial charge in [0.25, 0.3) is 5.91 Å². The molecule has 0 saturated carbocycles. The maximum atomic E-state index is 12.5. The van der Waals surface area contributed by atoms with Crippen molar-refractivity contribution < 1.29 is 19.2 Å². The van der Waals surface area contributed by atoms with E-state index in [9.17, 15) is 14.9 Å². The number of nitrogens with one attached hydrogen (secondary N) is 1. The summed E-state index contributed by atoms with van der Waals surface area (Å²) in [5.41, 5.74) is 1.26. The molecule has 0 bridgehead atoms. The van der Waals surface area contributed by atoms with Gasteiger partial charge in [-0.15, -0.1) is 0 Å². The van der Waals surface area contributed by atoms with Gasteiger partial charge in [0.2, 0.25) is 0 Å². The number of nitrogens with zero attached hydrogens (tertiary/aromatic N) is 2. The van der Waals surface area contributed by atoms with Crippen LogP contribution < -0.4 is 14.8 Å².